The van der Waals surface area contributed by atoms with Crippen LogP contribution >= 0.6 is 23.8 Å². The molecule has 1 saturated carbocycles. The van der Waals surface area contributed by atoms with Gasteiger partial charge in [0.05, 0.1) is 0 Å². The smallest absolute Gasteiger partial charge is 0.260 e. The first-order chi connectivity index (χ1) is 12.1. The zero-order chi connectivity index (χ0) is 17.4. The molecule has 1 spiro atoms. The van der Waals surface area contributed by atoms with Gasteiger partial charge in [0, 0.05) is 16.1 Å². The Morgan fingerprint density at radius 2 is 1.80 bits per heavy atom. The minimum Gasteiger partial charge on any atom is -0.271 e. The minimum atomic E-state index is -0.540. The maximum absolute atomic E-state index is 13.2. The van der Waals surface area contributed by atoms with Crippen LogP contribution in [0.15, 0.2) is 59.6 Å². The molecule has 5 heteroatoms. The third-order valence-electron chi connectivity index (χ3n) is 4.87. The highest BCUT2D eigenvalue weighted by atomic mass is 35.5. The maximum Gasteiger partial charge on any atom is 0.260 e. The third-order valence-corrected chi connectivity index (χ3v) is 5.48. The second-order valence-corrected chi connectivity index (χ2v) is 7.30. The molecule has 1 fully saturated rings. The van der Waals surface area contributed by atoms with Crippen molar-refractivity contribution < 1.29 is 4.79 Å². The Labute approximate surface area is 157 Å². The summed E-state index contributed by atoms with van der Waals surface area (Å²) in [5.74, 6) is -0.0757. The van der Waals surface area contributed by atoms with E-state index in [1.54, 1.807) is 4.90 Å². The normalized spacial score (nSPS) is 18.7. The van der Waals surface area contributed by atoms with E-state index in [1.807, 2.05) is 54.6 Å². The standard InChI is InChI=1S/C20H17ClN2OS/c21-16-10-6-9-15(13-16)17-19(25)23(20(22-17)11-4-5-12-20)18(24)14-7-2-1-3-8-14/h1-3,6-10,13H,4-5,11-12H2. The summed E-state index contributed by atoms with van der Waals surface area (Å²) in [6, 6.07) is 16.8. The molecule has 0 aromatic heterocycles. The number of amides is 1. The highest BCUT2D eigenvalue weighted by molar-refractivity contribution is 7.82. The molecule has 0 bridgehead atoms. The van der Waals surface area contributed by atoms with Crippen molar-refractivity contribution in [1.29, 1.82) is 0 Å². The molecule has 2 aromatic rings. The van der Waals surface area contributed by atoms with Gasteiger partial charge in [0.25, 0.3) is 5.91 Å². The van der Waals surface area contributed by atoms with E-state index in [0.29, 0.717) is 21.3 Å². The number of carbonyl (C=O) groups excluding carboxylic acids is 1. The predicted octanol–water partition coefficient (Wildman–Crippen LogP) is 4.88. The van der Waals surface area contributed by atoms with Crippen LogP contribution in [0.5, 0.6) is 0 Å². The van der Waals surface area contributed by atoms with Crippen LogP contribution in [0.1, 0.15) is 41.6 Å². The fourth-order valence-electron chi connectivity index (χ4n) is 3.69. The van der Waals surface area contributed by atoms with E-state index in [9.17, 15) is 4.79 Å². The largest absolute Gasteiger partial charge is 0.271 e. The zero-order valence-corrected chi connectivity index (χ0v) is 15.2. The Morgan fingerprint density at radius 3 is 2.48 bits per heavy atom. The second kappa shape index (κ2) is 6.36. The Kier molecular flexibility index (Phi) is 4.18. The average molecular weight is 369 g/mol. The highest BCUT2D eigenvalue weighted by Gasteiger charge is 2.50. The quantitative estimate of drug-likeness (QED) is 0.707. The van der Waals surface area contributed by atoms with Gasteiger partial charge in [-0.2, -0.15) is 0 Å². The summed E-state index contributed by atoms with van der Waals surface area (Å²) >= 11 is 11.8. The van der Waals surface area contributed by atoms with Gasteiger partial charge in [-0.25, -0.2) is 0 Å². The Bertz CT molecular complexity index is 872. The molecule has 2 aromatic carbocycles. The summed E-state index contributed by atoms with van der Waals surface area (Å²) in [6.07, 6.45) is 3.78. The molecular weight excluding hydrogens is 352 g/mol. The van der Waals surface area contributed by atoms with E-state index >= 15 is 0 Å². The van der Waals surface area contributed by atoms with Crippen LogP contribution in [-0.2, 0) is 0 Å². The predicted molar refractivity (Wildman–Crippen MR) is 104 cm³/mol. The molecule has 0 atom stereocenters. The molecule has 1 heterocycles. The van der Waals surface area contributed by atoms with Crippen LogP contribution in [0.25, 0.3) is 0 Å². The summed E-state index contributed by atoms with van der Waals surface area (Å²) in [5, 5.41) is 0.635. The number of aliphatic imine (C=N–C) groups is 1. The lowest BCUT2D eigenvalue weighted by Crippen LogP contribution is -2.48. The van der Waals surface area contributed by atoms with Crippen LogP contribution < -0.4 is 0 Å². The lowest BCUT2D eigenvalue weighted by molar-refractivity contribution is 0.0724. The Hall–Kier alpha value is -2.04. The number of hydrogen-bond donors (Lipinski definition) is 0. The monoisotopic (exact) mass is 368 g/mol. The summed E-state index contributed by atoms with van der Waals surface area (Å²) < 4.78 is 0. The van der Waals surface area contributed by atoms with Crippen molar-refractivity contribution in [3.63, 3.8) is 0 Å². The zero-order valence-electron chi connectivity index (χ0n) is 13.6. The second-order valence-electron chi connectivity index (χ2n) is 6.47. The average Bonchev–Trinajstić information content (AvgIpc) is 3.20. The van der Waals surface area contributed by atoms with Crippen molar-refractivity contribution in [3.8, 4) is 0 Å². The van der Waals surface area contributed by atoms with Crippen molar-refractivity contribution in [2.75, 3.05) is 0 Å². The van der Waals surface area contributed by atoms with Crippen LogP contribution in [0.2, 0.25) is 5.02 Å². The molecule has 2 aliphatic rings. The van der Waals surface area contributed by atoms with Gasteiger partial charge in [-0.15, -0.1) is 0 Å². The van der Waals surface area contributed by atoms with E-state index < -0.39 is 5.66 Å². The summed E-state index contributed by atoms with van der Waals surface area (Å²) in [5.41, 5.74) is 1.66. The highest BCUT2D eigenvalue weighted by Crippen LogP contribution is 2.42. The first-order valence-electron chi connectivity index (χ1n) is 8.40. The van der Waals surface area contributed by atoms with Crippen LogP contribution in [-0.4, -0.2) is 27.2 Å². The minimum absolute atomic E-state index is 0.0757. The fraction of sp³-hybridized carbons (Fsp3) is 0.250. The summed E-state index contributed by atoms with van der Waals surface area (Å²) in [6.45, 7) is 0. The van der Waals surface area contributed by atoms with Gasteiger partial charge in [0.2, 0.25) is 0 Å². The van der Waals surface area contributed by atoms with E-state index in [2.05, 4.69) is 0 Å². The third kappa shape index (κ3) is 2.79. The Morgan fingerprint density at radius 1 is 1.08 bits per heavy atom. The van der Waals surface area contributed by atoms with Gasteiger partial charge in [-0.1, -0.05) is 54.2 Å². The van der Waals surface area contributed by atoms with Crippen molar-refractivity contribution in [3.05, 3.63) is 70.7 Å². The van der Waals surface area contributed by atoms with Crippen LogP contribution in [0, 0.1) is 0 Å². The molecule has 0 saturated heterocycles. The number of thiocarbonyl (C=S) groups is 1. The number of hydrogen-bond acceptors (Lipinski definition) is 3. The van der Waals surface area contributed by atoms with E-state index in [1.165, 1.54) is 0 Å². The molecule has 1 amide bonds. The van der Waals surface area contributed by atoms with E-state index in [4.69, 9.17) is 28.8 Å². The van der Waals surface area contributed by atoms with Crippen molar-refractivity contribution in [1.82, 2.24) is 4.90 Å². The Balaban J connectivity index is 1.78. The molecule has 0 unspecified atom stereocenters. The van der Waals surface area contributed by atoms with Crippen molar-refractivity contribution in [2.45, 2.75) is 31.3 Å². The molecule has 126 valence electrons. The van der Waals surface area contributed by atoms with Gasteiger partial charge < -0.3 is 0 Å². The van der Waals surface area contributed by atoms with E-state index in [0.717, 1.165) is 31.2 Å². The van der Waals surface area contributed by atoms with Crippen LogP contribution in [0.4, 0.5) is 0 Å². The van der Waals surface area contributed by atoms with Crippen molar-refractivity contribution in [2.24, 2.45) is 4.99 Å². The van der Waals surface area contributed by atoms with Gasteiger partial charge in [-0.3, -0.25) is 14.7 Å². The van der Waals surface area contributed by atoms with Gasteiger partial charge in [0.15, 0.2) is 0 Å². The lowest BCUT2D eigenvalue weighted by Gasteiger charge is -2.32. The number of halogens is 1. The molecule has 0 N–H and O–H groups in total. The molecular formula is C20H17ClN2OS. The number of rotatable bonds is 2. The maximum atomic E-state index is 13.2. The van der Waals surface area contributed by atoms with Gasteiger partial charge in [-0.05, 0) is 49.9 Å². The van der Waals surface area contributed by atoms with Crippen molar-refractivity contribution >= 4 is 40.4 Å². The van der Waals surface area contributed by atoms with Gasteiger partial charge in [0.1, 0.15) is 16.4 Å². The first-order valence-corrected chi connectivity index (χ1v) is 9.19. The first kappa shape index (κ1) is 16.4. The molecule has 3 nitrogen and oxygen atoms in total. The van der Waals surface area contributed by atoms with Crippen LogP contribution in [0.3, 0.4) is 0 Å². The lowest BCUT2D eigenvalue weighted by atomic mass is 10.1. The molecule has 0 radical (unpaired) electrons. The molecule has 1 aliphatic carbocycles. The number of benzene rings is 2. The molecule has 1 aliphatic heterocycles. The summed E-state index contributed by atoms with van der Waals surface area (Å²) in [7, 11) is 0. The number of nitrogens with zero attached hydrogens (tertiary/aromatic N) is 2. The fourth-order valence-corrected chi connectivity index (χ4v) is 4.30. The molecule has 4 rings (SSSR count). The van der Waals surface area contributed by atoms with Gasteiger partial charge >= 0.3 is 0 Å². The summed E-state index contributed by atoms with van der Waals surface area (Å²) in [4.78, 5) is 20.4. The SMILES string of the molecule is O=C(c1ccccc1)N1C(=S)C(c2cccc(Cl)c2)=NC12CCCC2. The number of carbonyl (C=O) groups is 1. The molecule has 25 heavy (non-hydrogen) atoms. The van der Waals surface area contributed by atoms with E-state index in [-0.39, 0.29) is 5.91 Å². The topological polar surface area (TPSA) is 32.7 Å².